The molecule has 13 heteroatoms. The van der Waals surface area contributed by atoms with Gasteiger partial charge in [0.25, 0.3) is 0 Å². The maximum Gasteiger partial charge on any atom is 0.326 e. The van der Waals surface area contributed by atoms with Gasteiger partial charge in [-0.05, 0) is 44.7 Å². The Hall–Kier alpha value is -2.38. The standard InChI is InChI=1S/C18H34N6O6S/c1-10(22-16(27)11(20)5-3-4-7-19)15(26)23-12(6-8-31-2)17(28)24-13(18(29)30)9-14(21)25/h10-13H,3-9,19-20H2,1-2H3,(H2,21,25)(H,22,27)(H,23,26)(H,24,28)(H,29,30). The van der Waals surface area contributed by atoms with E-state index in [2.05, 4.69) is 16.0 Å². The number of rotatable bonds is 16. The number of hydrogen-bond donors (Lipinski definition) is 7. The molecule has 4 atom stereocenters. The molecule has 10 N–H and O–H groups in total. The SMILES string of the molecule is CSCCC(NC(=O)C(C)NC(=O)C(N)CCCCN)C(=O)NC(CC(N)=O)C(=O)O. The van der Waals surface area contributed by atoms with Gasteiger partial charge < -0.3 is 38.3 Å². The topological polar surface area (TPSA) is 220 Å². The highest BCUT2D eigenvalue weighted by Gasteiger charge is 2.29. The lowest BCUT2D eigenvalue weighted by atomic mass is 10.1. The quantitative estimate of drug-likeness (QED) is 0.122. The third kappa shape index (κ3) is 12.2. The lowest BCUT2D eigenvalue weighted by Crippen LogP contribution is -2.56. The van der Waals surface area contributed by atoms with Crippen LogP contribution in [0, 0.1) is 0 Å². The summed E-state index contributed by atoms with van der Waals surface area (Å²) in [5.41, 5.74) is 16.2. The normalized spacial score (nSPS) is 14.6. The maximum absolute atomic E-state index is 12.5. The molecule has 12 nitrogen and oxygen atoms in total. The Bertz CT molecular complexity index is 635. The van der Waals surface area contributed by atoms with Crippen LogP contribution < -0.4 is 33.2 Å². The van der Waals surface area contributed by atoms with Crippen molar-refractivity contribution in [2.24, 2.45) is 17.2 Å². The number of hydrogen-bond acceptors (Lipinski definition) is 8. The summed E-state index contributed by atoms with van der Waals surface area (Å²) in [6.45, 7) is 1.94. The lowest BCUT2D eigenvalue weighted by Gasteiger charge is -2.23. The summed E-state index contributed by atoms with van der Waals surface area (Å²) in [6, 6.07) is -4.34. The molecular weight excluding hydrogens is 428 g/mol. The zero-order valence-corrected chi connectivity index (χ0v) is 18.7. The van der Waals surface area contributed by atoms with Crippen LogP contribution in [0.3, 0.4) is 0 Å². The fraction of sp³-hybridized carbons (Fsp3) is 0.722. The molecule has 0 aliphatic heterocycles. The van der Waals surface area contributed by atoms with Crippen molar-refractivity contribution in [3.05, 3.63) is 0 Å². The average Bonchev–Trinajstić information content (AvgIpc) is 2.69. The number of unbranched alkanes of at least 4 members (excludes halogenated alkanes) is 1. The predicted octanol–water partition coefficient (Wildman–Crippen LogP) is -2.37. The smallest absolute Gasteiger partial charge is 0.326 e. The maximum atomic E-state index is 12.5. The van der Waals surface area contributed by atoms with E-state index in [1.807, 2.05) is 0 Å². The monoisotopic (exact) mass is 462 g/mol. The number of nitrogens with one attached hydrogen (secondary N) is 3. The number of primary amides is 1. The highest BCUT2D eigenvalue weighted by Crippen LogP contribution is 2.04. The van der Waals surface area contributed by atoms with Gasteiger partial charge in [-0.2, -0.15) is 11.8 Å². The van der Waals surface area contributed by atoms with E-state index in [0.717, 1.165) is 6.42 Å². The van der Waals surface area contributed by atoms with Gasteiger partial charge >= 0.3 is 5.97 Å². The number of aliphatic carboxylic acids is 1. The van der Waals surface area contributed by atoms with Crippen LogP contribution in [0.4, 0.5) is 0 Å². The number of carbonyl (C=O) groups excluding carboxylic acids is 4. The molecular formula is C18H34N6O6S. The molecule has 0 aromatic rings. The third-order valence-corrected chi connectivity index (χ3v) is 4.97. The molecule has 0 rings (SSSR count). The molecule has 4 amide bonds. The highest BCUT2D eigenvalue weighted by atomic mass is 32.2. The lowest BCUT2D eigenvalue weighted by molar-refractivity contribution is -0.143. The molecule has 0 heterocycles. The molecule has 0 saturated carbocycles. The zero-order valence-electron chi connectivity index (χ0n) is 17.9. The van der Waals surface area contributed by atoms with Crippen molar-refractivity contribution < 1.29 is 29.1 Å². The average molecular weight is 463 g/mol. The van der Waals surface area contributed by atoms with Crippen molar-refractivity contribution in [3.8, 4) is 0 Å². The number of thioether (sulfide) groups is 1. The van der Waals surface area contributed by atoms with E-state index in [-0.39, 0.29) is 6.42 Å². The van der Waals surface area contributed by atoms with Crippen LogP contribution in [0.15, 0.2) is 0 Å². The number of amides is 4. The summed E-state index contributed by atoms with van der Waals surface area (Å²) in [4.78, 5) is 59.4. The molecule has 0 aromatic heterocycles. The van der Waals surface area contributed by atoms with Crippen molar-refractivity contribution in [3.63, 3.8) is 0 Å². The highest BCUT2D eigenvalue weighted by molar-refractivity contribution is 7.98. The number of carbonyl (C=O) groups is 5. The first-order valence-corrected chi connectivity index (χ1v) is 11.3. The van der Waals surface area contributed by atoms with Crippen LogP contribution >= 0.6 is 11.8 Å². The van der Waals surface area contributed by atoms with Gasteiger partial charge in [0.1, 0.15) is 18.1 Å². The van der Waals surface area contributed by atoms with Crippen molar-refractivity contribution in [2.45, 2.75) is 63.2 Å². The van der Waals surface area contributed by atoms with Crippen LogP contribution in [-0.4, -0.2) is 77.4 Å². The first-order valence-electron chi connectivity index (χ1n) is 9.90. The Labute approximate surface area is 185 Å². The van der Waals surface area contributed by atoms with E-state index in [0.29, 0.717) is 25.1 Å². The minimum absolute atomic E-state index is 0.209. The van der Waals surface area contributed by atoms with Crippen LogP contribution in [0.1, 0.15) is 39.0 Å². The summed E-state index contributed by atoms with van der Waals surface area (Å²) in [5, 5.41) is 16.3. The van der Waals surface area contributed by atoms with Crippen LogP contribution in [0.25, 0.3) is 0 Å². The molecule has 31 heavy (non-hydrogen) atoms. The van der Waals surface area contributed by atoms with Gasteiger partial charge in [0.15, 0.2) is 0 Å². The summed E-state index contributed by atoms with van der Waals surface area (Å²) in [7, 11) is 0. The summed E-state index contributed by atoms with van der Waals surface area (Å²) < 4.78 is 0. The minimum atomic E-state index is -1.51. The van der Waals surface area contributed by atoms with E-state index in [4.69, 9.17) is 22.3 Å². The second-order valence-electron chi connectivity index (χ2n) is 7.03. The largest absolute Gasteiger partial charge is 0.480 e. The van der Waals surface area contributed by atoms with E-state index in [9.17, 15) is 24.0 Å². The molecule has 0 aromatic carbocycles. The number of nitrogens with two attached hydrogens (primary N) is 3. The second kappa shape index (κ2) is 15.4. The van der Waals surface area contributed by atoms with E-state index >= 15 is 0 Å². The molecule has 0 aliphatic carbocycles. The zero-order chi connectivity index (χ0) is 24.0. The van der Waals surface area contributed by atoms with Crippen LogP contribution in [0.2, 0.25) is 0 Å². The van der Waals surface area contributed by atoms with Crippen molar-refractivity contribution in [1.29, 1.82) is 0 Å². The molecule has 178 valence electrons. The van der Waals surface area contributed by atoms with Crippen LogP contribution in [-0.2, 0) is 24.0 Å². The molecule has 0 bridgehead atoms. The van der Waals surface area contributed by atoms with Gasteiger partial charge in [0.2, 0.25) is 23.6 Å². The van der Waals surface area contributed by atoms with E-state index < -0.39 is 60.2 Å². The summed E-state index contributed by atoms with van der Waals surface area (Å²) in [6.07, 6.45) is 3.26. The molecule has 0 fully saturated rings. The van der Waals surface area contributed by atoms with Gasteiger partial charge in [-0.15, -0.1) is 0 Å². The Morgan fingerprint density at radius 3 is 2.06 bits per heavy atom. The third-order valence-electron chi connectivity index (χ3n) is 4.32. The Kier molecular flexibility index (Phi) is 14.2. The van der Waals surface area contributed by atoms with Gasteiger partial charge in [-0.3, -0.25) is 19.2 Å². The number of carboxylic acid groups (broad SMARTS) is 1. The summed E-state index contributed by atoms with van der Waals surface area (Å²) in [5.74, 6) is -3.72. The second-order valence-corrected chi connectivity index (χ2v) is 8.02. The van der Waals surface area contributed by atoms with Gasteiger partial charge in [0.05, 0.1) is 12.5 Å². The number of carboxylic acids is 1. The Balaban J connectivity index is 4.98. The van der Waals surface area contributed by atoms with Gasteiger partial charge in [-0.1, -0.05) is 6.42 Å². The van der Waals surface area contributed by atoms with Crippen molar-refractivity contribution in [2.75, 3.05) is 18.6 Å². The van der Waals surface area contributed by atoms with Crippen molar-refractivity contribution in [1.82, 2.24) is 16.0 Å². The molecule has 0 radical (unpaired) electrons. The van der Waals surface area contributed by atoms with Crippen molar-refractivity contribution >= 4 is 41.4 Å². The Morgan fingerprint density at radius 1 is 0.935 bits per heavy atom. The van der Waals surface area contributed by atoms with Gasteiger partial charge in [-0.25, -0.2) is 4.79 Å². The predicted molar refractivity (Wildman–Crippen MR) is 117 cm³/mol. The molecule has 4 unspecified atom stereocenters. The fourth-order valence-electron chi connectivity index (χ4n) is 2.50. The van der Waals surface area contributed by atoms with E-state index in [1.165, 1.54) is 18.7 Å². The molecule has 0 spiro atoms. The van der Waals surface area contributed by atoms with Crippen LogP contribution in [0.5, 0.6) is 0 Å². The minimum Gasteiger partial charge on any atom is -0.480 e. The van der Waals surface area contributed by atoms with E-state index in [1.54, 1.807) is 6.26 Å². The summed E-state index contributed by atoms with van der Waals surface area (Å²) >= 11 is 1.43. The fourth-order valence-corrected chi connectivity index (χ4v) is 2.97. The first kappa shape index (κ1) is 28.6. The van der Waals surface area contributed by atoms with Gasteiger partial charge in [0, 0.05) is 0 Å². The molecule has 0 aliphatic rings. The first-order chi connectivity index (χ1) is 14.5. The molecule has 0 saturated heterocycles. The Morgan fingerprint density at radius 2 is 1.55 bits per heavy atom.